The number of benzene rings is 3. The molecule has 0 aromatic heterocycles. The smallest absolute Gasteiger partial charge is 0.244 e. The first-order valence-electron chi connectivity index (χ1n) is 13.6. The lowest BCUT2D eigenvalue weighted by atomic mass is 10.0. The molecule has 0 fully saturated rings. The van der Waals surface area contributed by atoms with Crippen LogP contribution < -0.4 is 14.4 Å². The molecule has 0 bridgehead atoms. The van der Waals surface area contributed by atoms with Crippen LogP contribution in [0.5, 0.6) is 5.75 Å². The SMILES string of the molecule is CCOc1ccc(N(CC(=O)N(Cc2ccc(Cl)cc2)[C@H](Cc2ccccc2)C(=O)N[C@@H](C)CC)S(C)(=O)=O)cc1. The molecule has 0 aliphatic carbocycles. The zero-order chi connectivity index (χ0) is 30.0. The molecule has 2 amide bonds. The van der Waals surface area contributed by atoms with Gasteiger partial charge in [-0.3, -0.25) is 13.9 Å². The Bertz CT molecular complexity index is 1380. The van der Waals surface area contributed by atoms with Crippen molar-refractivity contribution >= 4 is 39.1 Å². The molecule has 220 valence electrons. The lowest BCUT2D eigenvalue weighted by Crippen LogP contribution is -2.54. The predicted molar refractivity (Wildman–Crippen MR) is 164 cm³/mol. The molecule has 1 N–H and O–H groups in total. The zero-order valence-electron chi connectivity index (χ0n) is 23.9. The summed E-state index contributed by atoms with van der Waals surface area (Å²) < 4.78 is 32.3. The molecule has 3 rings (SSSR count). The zero-order valence-corrected chi connectivity index (χ0v) is 25.5. The van der Waals surface area contributed by atoms with Gasteiger partial charge in [0, 0.05) is 24.0 Å². The van der Waals surface area contributed by atoms with Crippen molar-refractivity contribution in [2.45, 2.75) is 52.2 Å². The highest BCUT2D eigenvalue weighted by molar-refractivity contribution is 7.92. The minimum atomic E-state index is -3.85. The number of carbonyl (C=O) groups is 2. The number of ether oxygens (including phenoxy) is 1. The standard InChI is InChI=1S/C31H38ClN3O5S/c1-5-23(3)33-31(37)29(20-24-10-8-7-9-11-24)34(21-25-12-14-26(32)15-13-25)30(36)22-35(41(4,38)39)27-16-18-28(19-17-27)40-6-2/h7-19,23,29H,5-6,20-22H2,1-4H3,(H,33,37)/t23-,29+/m0/s1. The number of carbonyl (C=O) groups excluding carboxylic acids is 2. The molecule has 3 aromatic carbocycles. The first-order valence-corrected chi connectivity index (χ1v) is 15.8. The van der Waals surface area contributed by atoms with E-state index in [0.717, 1.165) is 21.7 Å². The quantitative estimate of drug-likeness (QED) is 0.279. The van der Waals surface area contributed by atoms with Crippen LogP contribution in [0, 0.1) is 0 Å². The van der Waals surface area contributed by atoms with Gasteiger partial charge >= 0.3 is 0 Å². The van der Waals surface area contributed by atoms with Gasteiger partial charge in [0.25, 0.3) is 0 Å². The number of halogens is 1. The Morgan fingerprint density at radius 1 is 0.927 bits per heavy atom. The molecular weight excluding hydrogens is 562 g/mol. The summed E-state index contributed by atoms with van der Waals surface area (Å²) in [4.78, 5) is 29.2. The van der Waals surface area contributed by atoms with Crippen LogP contribution in [0.25, 0.3) is 0 Å². The van der Waals surface area contributed by atoms with Gasteiger partial charge in [-0.2, -0.15) is 0 Å². The fourth-order valence-corrected chi connectivity index (χ4v) is 5.25. The van der Waals surface area contributed by atoms with Crippen molar-refractivity contribution in [3.63, 3.8) is 0 Å². The number of amides is 2. The molecule has 0 aliphatic rings. The minimum Gasteiger partial charge on any atom is -0.494 e. The maximum atomic E-state index is 14.1. The topological polar surface area (TPSA) is 96.0 Å². The second-order valence-electron chi connectivity index (χ2n) is 9.87. The van der Waals surface area contributed by atoms with E-state index in [1.54, 1.807) is 48.5 Å². The van der Waals surface area contributed by atoms with Gasteiger partial charge in [-0.1, -0.05) is 61.0 Å². The molecular formula is C31H38ClN3O5S. The Morgan fingerprint density at radius 3 is 2.12 bits per heavy atom. The predicted octanol–water partition coefficient (Wildman–Crippen LogP) is 5.06. The average molecular weight is 600 g/mol. The summed E-state index contributed by atoms with van der Waals surface area (Å²) in [6.45, 7) is 5.79. The maximum absolute atomic E-state index is 14.1. The van der Waals surface area contributed by atoms with E-state index in [4.69, 9.17) is 16.3 Å². The van der Waals surface area contributed by atoms with E-state index in [0.29, 0.717) is 29.5 Å². The van der Waals surface area contributed by atoms with Crippen molar-refractivity contribution in [3.8, 4) is 5.75 Å². The van der Waals surface area contributed by atoms with Crippen LogP contribution in [-0.2, 0) is 32.6 Å². The van der Waals surface area contributed by atoms with E-state index < -0.39 is 28.5 Å². The van der Waals surface area contributed by atoms with Gasteiger partial charge in [-0.25, -0.2) is 8.42 Å². The van der Waals surface area contributed by atoms with E-state index in [1.165, 1.54) is 4.90 Å². The third-order valence-electron chi connectivity index (χ3n) is 6.65. The molecule has 0 saturated heterocycles. The Morgan fingerprint density at radius 2 is 1.56 bits per heavy atom. The van der Waals surface area contributed by atoms with Crippen molar-refractivity contribution in [1.29, 1.82) is 0 Å². The largest absolute Gasteiger partial charge is 0.494 e. The summed E-state index contributed by atoms with van der Waals surface area (Å²) in [5.74, 6) is -0.234. The van der Waals surface area contributed by atoms with Crippen molar-refractivity contribution in [3.05, 3.63) is 95.0 Å². The maximum Gasteiger partial charge on any atom is 0.244 e. The molecule has 41 heavy (non-hydrogen) atoms. The number of hydrogen-bond acceptors (Lipinski definition) is 5. The van der Waals surface area contributed by atoms with E-state index in [9.17, 15) is 18.0 Å². The molecule has 3 aromatic rings. The monoisotopic (exact) mass is 599 g/mol. The van der Waals surface area contributed by atoms with Crippen LogP contribution in [0.15, 0.2) is 78.9 Å². The van der Waals surface area contributed by atoms with Gasteiger partial charge in [0.2, 0.25) is 21.8 Å². The second kappa shape index (κ2) is 14.9. The van der Waals surface area contributed by atoms with Crippen molar-refractivity contribution in [1.82, 2.24) is 10.2 Å². The van der Waals surface area contributed by atoms with Gasteiger partial charge in [0.1, 0.15) is 18.3 Å². The summed E-state index contributed by atoms with van der Waals surface area (Å²) in [6.07, 6.45) is 2.02. The minimum absolute atomic E-state index is 0.0856. The number of sulfonamides is 1. The summed E-state index contributed by atoms with van der Waals surface area (Å²) in [5.41, 5.74) is 1.95. The Balaban J connectivity index is 2.03. The highest BCUT2D eigenvalue weighted by atomic mass is 35.5. The van der Waals surface area contributed by atoms with E-state index in [1.807, 2.05) is 51.1 Å². The number of nitrogens with zero attached hydrogens (tertiary/aromatic N) is 2. The summed E-state index contributed by atoms with van der Waals surface area (Å²) in [5, 5.41) is 3.56. The highest BCUT2D eigenvalue weighted by Crippen LogP contribution is 2.23. The van der Waals surface area contributed by atoms with Crippen LogP contribution in [-0.4, -0.2) is 56.6 Å². The van der Waals surface area contributed by atoms with E-state index >= 15 is 0 Å². The Kier molecular flexibility index (Phi) is 11.6. The summed E-state index contributed by atoms with van der Waals surface area (Å²) in [6, 6.07) is 22.0. The average Bonchev–Trinajstić information content (AvgIpc) is 2.95. The van der Waals surface area contributed by atoms with Gasteiger partial charge in [-0.15, -0.1) is 0 Å². The molecule has 0 aliphatic heterocycles. The molecule has 0 spiro atoms. The fourth-order valence-electron chi connectivity index (χ4n) is 4.27. The van der Waals surface area contributed by atoms with Crippen molar-refractivity contribution in [2.75, 3.05) is 23.7 Å². The van der Waals surface area contributed by atoms with Crippen LogP contribution in [0.2, 0.25) is 5.02 Å². The molecule has 0 radical (unpaired) electrons. The first kappa shape index (κ1) is 32.0. The van der Waals surface area contributed by atoms with Crippen molar-refractivity contribution < 1.29 is 22.7 Å². The third-order valence-corrected chi connectivity index (χ3v) is 8.05. The van der Waals surface area contributed by atoms with E-state index in [-0.39, 0.29) is 24.9 Å². The lowest BCUT2D eigenvalue weighted by Gasteiger charge is -2.34. The van der Waals surface area contributed by atoms with Crippen LogP contribution in [0.3, 0.4) is 0 Å². The molecule has 10 heteroatoms. The van der Waals surface area contributed by atoms with Crippen LogP contribution >= 0.6 is 11.6 Å². The molecule has 0 saturated carbocycles. The molecule has 8 nitrogen and oxygen atoms in total. The van der Waals surface area contributed by atoms with Crippen LogP contribution in [0.1, 0.15) is 38.3 Å². The van der Waals surface area contributed by atoms with Gasteiger partial charge in [0.05, 0.1) is 18.6 Å². The Labute approximate surface area is 248 Å². The summed E-state index contributed by atoms with van der Waals surface area (Å²) >= 11 is 6.10. The number of rotatable bonds is 14. The van der Waals surface area contributed by atoms with Crippen LogP contribution in [0.4, 0.5) is 5.69 Å². The van der Waals surface area contributed by atoms with Gasteiger partial charge in [-0.05, 0) is 67.8 Å². The lowest BCUT2D eigenvalue weighted by molar-refractivity contribution is -0.140. The van der Waals surface area contributed by atoms with Gasteiger partial charge < -0.3 is 15.0 Å². The second-order valence-corrected chi connectivity index (χ2v) is 12.2. The molecule has 0 heterocycles. The Hall–Kier alpha value is -3.56. The summed E-state index contributed by atoms with van der Waals surface area (Å²) in [7, 11) is -3.85. The first-order chi connectivity index (χ1) is 19.5. The molecule has 0 unspecified atom stereocenters. The molecule has 2 atom stereocenters. The number of hydrogen-bond donors (Lipinski definition) is 1. The normalized spacial score (nSPS) is 12.7. The van der Waals surface area contributed by atoms with Crippen molar-refractivity contribution in [2.24, 2.45) is 0 Å². The van der Waals surface area contributed by atoms with E-state index in [2.05, 4.69) is 5.32 Å². The number of anilines is 1. The third kappa shape index (κ3) is 9.50. The fraction of sp³-hybridized carbons (Fsp3) is 0.355. The highest BCUT2D eigenvalue weighted by Gasteiger charge is 2.33. The number of nitrogens with one attached hydrogen (secondary N) is 1. The van der Waals surface area contributed by atoms with Gasteiger partial charge in [0.15, 0.2) is 0 Å².